The molecule has 5 nitrogen and oxygen atoms in total. The van der Waals surface area contributed by atoms with Gasteiger partial charge in [-0.3, -0.25) is 5.10 Å². The third-order valence-electron chi connectivity index (χ3n) is 5.90. The second kappa shape index (κ2) is 6.71. The van der Waals surface area contributed by atoms with Gasteiger partial charge in [-0.25, -0.2) is 4.98 Å². The highest BCUT2D eigenvalue weighted by molar-refractivity contribution is 6.22. The van der Waals surface area contributed by atoms with Crippen LogP contribution in [0, 0.1) is 0 Å². The van der Waals surface area contributed by atoms with Gasteiger partial charge in [-0.2, -0.15) is 5.10 Å². The number of nitrogens with one attached hydrogen (secondary N) is 1. The van der Waals surface area contributed by atoms with Crippen LogP contribution in [0.25, 0.3) is 54.7 Å². The average molecular weight is 405 g/mol. The molecule has 0 aliphatic heterocycles. The van der Waals surface area contributed by atoms with E-state index < -0.39 is 0 Å². The quantitative estimate of drug-likeness (QED) is 0.361. The van der Waals surface area contributed by atoms with E-state index in [9.17, 15) is 0 Å². The fourth-order valence-corrected chi connectivity index (χ4v) is 4.44. The first kappa shape index (κ1) is 17.7. The van der Waals surface area contributed by atoms with Crippen LogP contribution in [-0.2, 0) is 0 Å². The average Bonchev–Trinajstić information content (AvgIpc) is 3.22. The van der Waals surface area contributed by atoms with E-state index >= 15 is 0 Å². The predicted octanol–water partition coefficient (Wildman–Crippen LogP) is 6.10. The molecule has 6 aromatic rings. The van der Waals surface area contributed by atoms with Crippen molar-refractivity contribution < 1.29 is 9.47 Å². The molecule has 0 amide bonds. The van der Waals surface area contributed by atoms with Gasteiger partial charge in [0.2, 0.25) is 0 Å². The van der Waals surface area contributed by atoms with Crippen LogP contribution in [0.5, 0.6) is 11.5 Å². The number of ether oxygens (including phenoxy) is 2. The number of aromatic nitrogens is 3. The summed E-state index contributed by atoms with van der Waals surface area (Å²) in [5.74, 6) is 1.41. The molecule has 0 unspecified atom stereocenters. The Morgan fingerprint density at radius 1 is 0.710 bits per heavy atom. The molecular formula is C26H19N3O2. The highest BCUT2D eigenvalue weighted by atomic mass is 16.5. The van der Waals surface area contributed by atoms with E-state index in [1.54, 1.807) is 14.2 Å². The number of hydrogen-bond acceptors (Lipinski definition) is 4. The third kappa shape index (κ3) is 2.56. The number of nitrogens with zero attached hydrogens (tertiary/aromatic N) is 2. The standard InChI is InChI=1S/C26H19N3O2/c1-30-22-13-10-15(14-23(22)31-2)16-7-5-9-21-24(16)19-12-11-18-17-6-3-4-8-20(17)28-29-26(18)25(19)27-21/h3-14,28H,1-2H3. The van der Waals surface area contributed by atoms with E-state index in [0.29, 0.717) is 11.5 Å². The van der Waals surface area contributed by atoms with Crippen molar-refractivity contribution in [1.82, 2.24) is 15.2 Å². The Balaban J connectivity index is 1.68. The van der Waals surface area contributed by atoms with Crippen molar-refractivity contribution in [3.8, 4) is 22.6 Å². The predicted molar refractivity (Wildman–Crippen MR) is 125 cm³/mol. The maximum absolute atomic E-state index is 5.52. The maximum atomic E-state index is 5.52. The van der Waals surface area contributed by atoms with Crippen LogP contribution in [0.1, 0.15) is 0 Å². The van der Waals surface area contributed by atoms with E-state index in [1.807, 2.05) is 36.4 Å². The van der Waals surface area contributed by atoms with Gasteiger partial charge in [0.15, 0.2) is 11.5 Å². The molecule has 0 aliphatic rings. The molecule has 1 N–H and O–H groups in total. The lowest BCUT2D eigenvalue weighted by Crippen LogP contribution is -1.91. The Kier molecular flexibility index (Phi) is 3.83. The summed E-state index contributed by atoms with van der Waals surface area (Å²) in [5, 5.41) is 12.3. The van der Waals surface area contributed by atoms with Gasteiger partial charge < -0.3 is 9.47 Å². The highest BCUT2D eigenvalue weighted by Gasteiger charge is 2.16. The zero-order chi connectivity index (χ0) is 20.9. The van der Waals surface area contributed by atoms with Crippen molar-refractivity contribution in [3.63, 3.8) is 0 Å². The van der Waals surface area contributed by atoms with E-state index in [0.717, 1.165) is 54.7 Å². The van der Waals surface area contributed by atoms with Gasteiger partial charge in [0.1, 0.15) is 5.52 Å². The fourth-order valence-electron chi connectivity index (χ4n) is 4.44. The van der Waals surface area contributed by atoms with Gasteiger partial charge >= 0.3 is 0 Å². The summed E-state index contributed by atoms with van der Waals surface area (Å²) in [5.41, 5.74) is 5.90. The first-order valence-electron chi connectivity index (χ1n) is 10.1. The Hall–Kier alpha value is -4.12. The molecule has 2 heterocycles. The number of H-pyrrole nitrogens is 1. The normalized spacial score (nSPS) is 11.5. The lowest BCUT2D eigenvalue weighted by atomic mass is 9.98. The molecule has 0 atom stereocenters. The molecule has 0 bridgehead atoms. The van der Waals surface area contributed by atoms with E-state index in [-0.39, 0.29) is 0 Å². The molecule has 0 spiro atoms. The van der Waals surface area contributed by atoms with Crippen molar-refractivity contribution in [2.75, 3.05) is 14.2 Å². The summed E-state index contributed by atoms with van der Waals surface area (Å²) in [6.45, 7) is 0. The molecule has 2 aromatic heterocycles. The number of methoxy groups -OCH3 is 2. The summed E-state index contributed by atoms with van der Waals surface area (Å²) >= 11 is 0. The van der Waals surface area contributed by atoms with Gasteiger partial charge in [0, 0.05) is 21.5 Å². The van der Waals surface area contributed by atoms with Crippen LogP contribution in [0.4, 0.5) is 0 Å². The molecule has 6 rings (SSSR count). The van der Waals surface area contributed by atoms with Gasteiger partial charge in [-0.15, -0.1) is 0 Å². The van der Waals surface area contributed by atoms with Crippen molar-refractivity contribution in [2.45, 2.75) is 0 Å². The monoisotopic (exact) mass is 405 g/mol. The van der Waals surface area contributed by atoms with Crippen LogP contribution in [0.2, 0.25) is 0 Å². The van der Waals surface area contributed by atoms with Crippen LogP contribution >= 0.6 is 0 Å². The minimum absolute atomic E-state index is 0.703. The van der Waals surface area contributed by atoms with Crippen LogP contribution < -0.4 is 9.47 Å². The molecule has 0 aliphatic carbocycles. The number of hydrogen-bond donors (Lipinski definition) is 1. The fraction of sp³-hybridized carbons (Fsp3) is 0.0769. The molecular weight excluding hydrogens is 386 g/mol. The zero-order valence-corrected chi connectivity index (χ0v) is 17.1. The van der Waals surface area contributed by atoms with Crippen molar-refractivity contribution in [2.24, 2.45) is 0 Å². The summed E-state index contributed by atoms with van der Waals surface area (Å²) < 4.78 is 10.9. The van der Waals surface area contributed by atoms with E-state index in [4.69, 9.17) is 14.5 Å². The summed E-state index contributed by atoms with van der Waals surface area (Å²) in [4.78, 5) is 4.97. The van der Waals surface area contributed by atoms with Crippen molar-refractivity contribution in [3.05, 3.63) is 72.8 Å². The lowest BCUT2D eigenvalue weighted by molar-refractivity contribution is 0.355. The second-order valence-corrected chi connectivity index (χ2v) is 7.51. The van der Waals surface area contributed by atoms with Crippen molar-refractivity contribution >= 4 is 43.6 Å². The summed E-state index contributed by atoms with van der Waals surface area (Å²) in [6.07, 6.45) is 0. The number of fused-ring (bicyclic) bond motifs is 7. The van der Waals surface area contributed by atoms with Gasteiger partial charge in [-0.1, -0.05) is 48.5 Å². The van der Waals surface area contributed by atoms with E-state index in [1.165, 1.54) is 0 Å². The topological polar surface area (TPSA) is 60.0 Å². The largest absolute Gasteiger partial charge is 0.493 e. The molecule has 4 aromatic carbocycles. The second-order valence-electron chi connectivity index (χ2n) is 7.51. The van der Waals surface area contributed by atoms with Crippen molar-refractivity contribution in [1.29, 1.82) is 0 Å². The molecule has 0 radical (unpaired) electrons. The Morgan fingerprint density at radius 2 is 1.55 bits per heavy atom. The van der Waals surface area contributed by atoms with Gasteiger partial charge in [0.25, 0.3) is 0 Å². The van der Waals surface area contributed by atoms with Crippen LogP contribution in [0.15, 0.2) is 72.8 Å². The van der Waals surface area contributed by atoms with Gasteiger partial charge in [0.05, 0.1) is 30.8 Å². The molecule has 0 saturated carbocycles. The number of benzene rings is 4. The first-order chi connectivity index (χ1) is 15.3. The molecule has 0 fully saturated rings. The minimum Gasteiger partial charge on any atom is -0.493 e. The summed E-state index contributed by atoms with van der Waals surface area (Å²) in [6, 6.07) is 24.7. The van der Waals surface area contributed by atoms with E-state index in [2.05, 4.69) is 46.6 Å². The minimum atomic E-state index is 0.703. The maximum Gasteiger partial charge on any atom is 0.161 e. The van der Waals surface area contributed by atoms with Crippen LogP contribution in [-0.4, -0.2) is 29.4 Å². The molecule has 5 heteroatoms. The number of rotatable bonds is 3. The SMILES string of the molecule is COc1ccc(-c2cccc3nc4c(ccc5c6ccccc6[nH]nc54)c23)cc1OC. The Bertz CT molecular complexity index is 1620. The summed E-state index contributed by atoms with van der Waals surface area (Å²) in [7, 11) is 3.30. The Morgan fingerprint density at radius 3 is 2.42 bits per heavy atom. The molecule has 31 heavy (non-hydrogen) atoms. The lowest BCUT2D eigenvalue weighted by Gasteiger charge is -2.11. The third-order valence-corrected chi connectivity index (χ3v) is 5.90. The smallest absolute Gasteiger partial charge is 0.161 e. The number of aromatic amines is 1. The highest BCUT2D eigenvalue weighted by Crippen LogP contribution is 2.40. The first-order valence-corrected chi connectivity index (χ1v) is 10.1. The van der Waals surface area contributed by atoms with Gasteiger partial charge in [-0.05, 0) is 35.4 Å². The number of para-hydroxylation sites is 1. The van der Waals surface area contributed by atoms with Crippen LogP contribution in [0.3, 0.4) is 0 Å². The molecule has 0 saturated heterocycles. The molecule has 150 valence electrons. The Labute approximate surface area is 178 Å². The zero-order valence-electron chi connectivity index (χ0n) is 17.1.